The molecule has 0 aliphatic carbocycles. The molecule has 6 rings (SSSR count). The highest BCUT2D eigenvalue weighted by Crippen LogP contribution is 2.39. The number of amides is 1. The summed E-state index contributed by atoms with van der Waals surface area (Å²) in [6.07, 6.45) is 1.71. The minimum absolute atomic E-state index is 0.340. The molecule has 0 atom stereocenters. The van der Waals surface area contributed by atoms with E-state index in [4.69, 9.17) is 57.4 Å². The maximum absolute atomic E-state index is 12.1. The Morgan fingerprint density at radius 1 is 0.707 bits per heavy atom. The SMILES string of the molecule is N#CC1(c2cc(Cl)cc(C3OCCO3)c2)CCOCC1.NC(=O)C1(c2cc(Cl)cc(C3OCCO3)c2)CCOCC1. The van der Waals surface area contributed by atoms with Crippen LogP contribution >= 0.6 is 23.2 Å². The molecule has 2 aromatic carbocycles. The summed E-state index contributed by atoms with van der Waals surface area (Å²) < 4.78 is 32.8. The number of primary amides is 1. The molecule has 9 nitrogen and oxygen atoms in total. The summed E-state index contributed by atoms with van der Waals surface area (Å²) in [7, 11) is 0. The van der Waals surface area contributed by atoms with Gasteiger partial charge < -0.3 is 34.2 Å². The molecule has 0 radical (unpaired) electrons. The van der Waals surface area contributed by atoms with Crippen molar-refractivity contribution in [2.24, 2.45) is 5.73 Å². The third-order valence-corrected chi connectivity index (χ3v) is 8.55. The molecule has 11 heteroatoms. The maximum atomic E-state index is 12.1. The van der Waals surface area contributed by atoms with Crippen molar-refractivity contribution < 1.29 is 33.2 Å². The Labute approximate surface area is 249 Å². The molecule has 0 bridgehead atoms. The molecule has 220 valence electrons. The molecule has 1 amide bonds. The summed E-state index contributed by atoms with van der Waals surface area (Å²) in [5.74, 6) is -0.340. The molecule has 0 spiro atoms. The number of rotatable bonds is 5. The van der Waals surface area contributed by atoms with E-state index in [1.165, 1.54) is 0 Å². The third-order valence-electron chi connectivity index (χ3n) is 8.11. The highest BCUT2D eigenvalue weighted by molar-refractivity contribution is 6.31. The van der Waals surface area contributed by atoms with Gasteiger partial charge in [0, 0.05) is 47.6 Å². The van der Waals surface area contributed by atoms with Gasteiger partial charge in [-0.25, -0.2) is 0 Å². The Kier molecular flexibility index (Phi) is 9.85. The third kappa shape index (κ3) is 6.71. The van der Waals surface area contributed by atoms with Gasteiger partial charge >= 0.3 is 0 Å². The van der Waals surface area contributed by atoms with Crippen LogP contribution < -0.4 is 5.73 Å². The molecule has 41 heavy (non-hydrogen) atoms. The molecule has 0 saturated carbocycles. The summed E-state index contributed by atoms with van der Waals surface area (Å²) in [6.45, 7) is 4.52. The Bertz CT molecular complexity index is 1260. The predicted octanol–water partition coefficient (Wildman–Crippen LogP) is 4.88. The lowest BCUT2D eigenvalue weighted by Gasteiger charge is -2.35. The average Bonchev–Trinajstić information content (AvgIpc) is 3.73. The van der Waals surface area contributed by atoms with E-state index in [-0.39, 0.29) is 12.2 Å². The van der Waals surface area contributed by atoms with Gasteiger partial charge in [-0.2, -0.15) is 5.26 Å². The quantitative estimate of drug-likeness (QED) is 0.512. The number of hydrogen-bond donors (Lipinski definition) is 1. The number of nitrogens with two attached hydrogens (primary N) is 1. The smallest absolute Gasteiger partial charge is 0.228 e. The lowest BCUT2D eigenvalue weighted by Crippen LogP contribution is -2.45. The molecule has 4 aliphatic rings. The van der Waals surface area contributed by atoms with Crippen molar-refractivity contribution in [3.8, 4) is 6.07 Å². The minimum Gasteiger partial charge on any atom is -0.381 e. The van der Waals surface area contributed by atoms with Gasteiger partial charge in [0.15, 0.2) is 12.6 Å². The average molecular weight is 606 g/mol. The van der Waals surface area contributed by atoms with Crippen LogP contribution in [0.3, 0.4) is 0 Å². The van der Waals surface area contributed by atoms with Gasteiger partial charge in [-0.3, -0.25) is 4.79 Å². The van der Waals surface area contributed by atoms with Crippen LogP contribution in [0, 0.1) is 11.3 Å². The van der Waals surface area contributed by atoms with E-state index in [1.54, 1.807) is 12.1 Å². The van der Waals surface area contributed by atoms with Crippen molar-refractivity contribution in [3.05, 3.63) is 68.7 Å². The number of hydrogen-bond acceptors (Lipinski definition) is 8. The number of carbonyl (C=O) groups excluding carboxylic acids is 1. The topological polar surface area (TPSA) is 122 Å². The lowest BCUT2D eigenvalue weighted by molar-refractivity contribution is -0.127. The van der Waals surface area contributed by atoms with Crippen molar-refractivity contribution in [3.63, 3.8) is 0 Å². The van der Waals surface area contributed by atoms with E-state index in [0.717, 1.165) is 22.3 Å². The van der Waals surface area contributed by atoms with Crippen LogP contribution in [0.25, 0.3) is 0 Å². The molecule has 4 aliphatic heterocycles. The first kappa shape index (κ1) is 30.2. The fraction of sp³-hybridized carbons (Fsp3) is 0.533. The molecular weight excluding hydrogens is 571 g/mol. The summed E-state index contributed by atoms with van der Waals surface area (Å²) in [5, 5.41) is 10.8. The Balaban J connectivity index is 0.000000165. The van der Waals surface area contributed by atoms with Gasteiger partial charge in [-0.05, 0) is 73.2 Å². The van der Waals surface area contributed by atoms with E-state index in [0.29, 0.717) is 88.6 Å². The maximum Gasteiger partial charge on any atom is 0.228 e. The standard InChI is InChI=1S/C15H18ClNO4.C15H16ClNO3/c16-12-8-10(13-20-5-6-21-13)7-11(9-12)15(14(17)18)1-3-19-4-2-15;16-13-8-11(14-19-5-6-20-14)7-12(9-13)15(10-17)1-3-18-4-2-15/h7-9,13H,1-6H2,(H2,17,18);7-9,14H,1-6H2. The minimum atomic E-state index is -0.726. The van der Waals surface area contributed by atoms with E-state index >= 15 is 0 Å². The summed E-state index contributed by atoms with van der Waals surface area (Å²) in [5.41, 5.74) is 7.90. The van der Waals surface area contributed by atoms with Gasteiger partial charge in [0.05, 0.1) is 43.3 Å². The lowest BCUT2D eigenvalue weighted by atomic mass is 9.73. The van der Waals surface area contributed by atoms with Gasteiger partial charge in [0.2, 0.25) is 5.91 Å². The highest BCUT2D eigenvalue weighted by atomic mass is 35.5. The molecular formula is C30H34Cl2N2O7. The Morgan fingerprint density at radius 2 is 1.15 bits per heavy atom. The largest absolute Gasteiger partial charge is 0.381 e. The fourth-order valence-electron chi connectivity index (χ4n) is 5.73. The second-order valence-electron chi connectivity index (χ2n) is 10.6. The number of nitriles is 1. The molecule has 4 heterocycles. The summed E-state index contributed by atoms with van der Waals surface area (Å²) >= 11 is 12.4. The van der Waals surface area contributed by atoms with Gasteiger partial charge in [-0.1, -0.05) is 23.2 Å². The van der Waals surface area contributed by atoms with Crippen LogP contribution in [0.1, 0.15) is 60.5 Å². The molecule has 0 unspecified atom stereocenters. The number of halogens is 2. The Hall–Kier alpha value is -2.26. The van der Waals surface area contributed by atoms with Gasteiger partial charge in [0.1, 0.15) is 0 Å². The molecule has 2 aromatic rings. The van der Waals surface area contributed by atoms with Crippen LogP contribution in [0.2, 0.25) is 10.0 Å². The number of benzene rings is 2. The van der Waals surface area contributed by atoms with Crippen LogP contribution in [0.5, 0.6) is 0 Å². The highest BCUT2D eigenvalue weighted by Gasteiger charge is 2.41. The first-order valence-corrected chi connectivity index (χ1v) is 14.6. The Morgan fingerprint density at radius 3 is 1.61 bits per heavy atom. The van der Waals surface area contributed by atoms with E-state index in [2.05, 4.69) is 6.07 Å². The summed E-state index contributed by atoms with van der Waals surface area (Å²) in [6, 6.07) is 13.7. The monoisotopic (exact) mass is 604 g/mol. The molecule has 4 fully saturated rings. The predicted molar refractivity (Wildman–Crippen MR) is 150 cm³/mol. The zero-order chi connectivity index (χ0) is 28.9. The van der Waals surface area contributed by atoms with E-state index in [1.807, 2.05) is 24.3 Å². The van der Waals surface area contributed by atoms with Crippen molar-refractivity contribution in [1.29, 1.82) is 5.26 Å². The molecule has 0 aromatic heterocycles. The summed E-state index contributed by atoms with van der Waals surface area (Å²) in [4.78, 5) is 12.1. The number of carbonyl (C=O) groups is 1. The van der Waals surface area contributed by atoms with E-state index < -0.39 is 17.1 Å². The van der Waals surface area contributed by atoms with Crippen molar-refractivity contribution in [2.45, 2.75) is 49.1 Å². The van der Waals surface area contributed by atoms with Crippen LogP contribution in [-0.2, 0) is 44.0 Å². The van der Waals surface area contributed by atoms with Crippen LogP contribution in [0.4, 0.5) is 0 Å². The van der Waals surface area contributed by atoms with Gasteiger partial charge in [0.25, 0.3) is 0 Å². The zero-order valence-electron chi connectivity index (χ0n) is 22.7. The van der Waals surface area contributed by atoms with Crippen LogP contribution in [0.15, 0.2) is 36.4 Å². The molecule has 4 saturated heterocycles. The molecule has 2 N–H and O–H groups in total. The first-order chi connectivity index (χ1) is 19.8. The fourth-order valence-corrected chi connectivity index (χ4v) is 6.22. The second-order valence-corrected chi connectivity index (χ2v) is 11.4. The zero-order valence-corrected chi connectivity index (χ0v) is 24.3. The number of nitrogens with zero attached hydrogens (tertiary/aromatic N) is 1. The van der Waals surface area contributed by atoms with Crippen molar-refractivity contribution >= 4 is 29.1 Å². The number of ether oxygens (including phenoxy) is 6. The van der Waals surface area contributed by atoms with Gasteiger partial charge in [-0.15, -0.1) is 0 Å². The normalized spacial score (nSPS) is 22.5. The second kappa shape index (κ2) is 13.4. The van der Waals surface area contributed by atoms with E-state index in [9.17, 15) is 10.1 Å². The van der Waals surface area contributed by atoms with Crippen molar-refractivity contribution in [1.82, 2.24) is 0 Å². The first-order valence-electron chi connectivity index (χ1n) is 13.8. The van der Waals surface area contributed by atoms with Crippen LogP contribution in [-0.4, -0.2) is 58.8 Å². The van der Waals surface area contributed by atoms with Crippen molar-refractivity contribution in [2.75, 3.05) is 52.9 Å².